The molecule has 0 radical (unpaired) electrons. The number of benzene rings is 2. The molecule has 0 aliphatic rings. The van der Waals surface area contributed by atoms with Crippen molar-refractivity contribution in [2.75, 3.05) is 10.6 Å². The van der Waals surface area contributed by atoms with Crippen LogP contribution in [0.5, 0.6) is 0 Å². The number of para-hydroxylation sites is 1. The lowest BCUT2D eigenvalue weighted by Crippen LogP contribution is -2.41. The van der Waals surface area contributed by atoms with Gasteiger partial charge >= 0.3 is 0 Å². The molecule has 0 unspecified atom stereocenters. The molecule has 0 saturated heterocycles. The van der Waals surface area contributed by atoms with Crippen LogP contribution < -0.4 is 10.6 Å². The van der Waals surface area contributed by atoms with Gasteiger partial charge in [-0.3, -0.25) is 9.59 Å². The molecule has 2 aromatic rings. The molecular weight excluding hydrogens is 382 g/mol. The Morgan fingerprint density at radius 1 is 0.958 bits per heavy atom. The van der Waals surface area contributed by atoms with Gasteiger partial charge in [0.25, 0.3) is 0 Å². The molecule has 0 atom stereocenters. The maximum atomic E-state index is 13.6. The second kappa shape index (κ2) is 7.09. The van der Waals surface area contributed by atoms with E-state index in [4.69, 9.17) is 0 Å². The fourth-order valence-corrected chi connectivity index (χ4v) is 2.20. The van der Waals surface area contributed by atoms with Gasteiger partial charge in [-0.1, -0.05) is 12.1 Å². The first-order valence-electron chi connectivity index (χ1n) is 7.04. The average Bonchev–Trinajstić information content (AvgIpc) is 2.52. The summed E-state index contributed by atoms with van der Waals surface area (Å²) in [7, 11) is 0. The highest BCUT2D eigenvalue weighted by molar-refractivity contribution is 9.10. The van der Waals surface area contributed by atoms with Crippen LogP contribution in [0.3, 0.4) is 0 Å². The zero-order valence-corrected chi connectivity index (χ0v) is 14.6. The predicted octanol–water partition coefficient (Wildman–Crippen LogP) is 4.33. The van der Waals surface area contributed by atoms with E-state index in [2.05, 4.69) is 26.6 Å². The Balaban J connectivity index is 2.14. The molecule has 0 fully saturated rings. The van der Waals surface area contributed by atoms with Gasteiger partial charge < -0.3 is 10.6 Å². The van der Waals surface area contributed by atoms with Crippen molar-refractivity contribution in [3.63, 3.8) is 0 Å². The maximum absolute atomic E-state index is 13.6. The second-order valence-corrected chi connectivity index (χ2v) is 6.49. The van der Waals surface area contributed by atoms with Crippen molar-refractivity contribution in [1.29, 1.82) is 0 Å². The molecule has 0 spiro atoms. The smallest absolute Gasteiger partial charge is 0.239 e. The van der Waals surface area contributed by atoms with Crippen LogP contribution in [-0.4, -0.2) is 11.8 Å². The molecule has 0 aliphatic carbocycles. The molecule has 0 aromatic heterocycles. The molecule has 2 rings (SSSR count). The van der Waals surface area contributed by atoms with E-state index in [1.165, 1.54) is 13.8 Å². The first-order valence-corrected chi connectivity index (χ1v) is 7.83. The van der Waals surface area contributed by atoms with Gasteiger partial charge in [-0.25, -0.2) is 8.78 Å². The van der Waals surface area contributed by atoms with E-state index in [1.54, 1.807) is 24.3 Å². The fourth-order valence-electron chi connectivity index (χ4n) is 1.81. The summed E-state index contributed by atoms with van der Waals surface area (Å²) in [6.45, 7) is 2.83. The fraction of sp³-hybridized carbons (Fsp3) is 0.176. The molecule has 0 heterocycles. The van der Waals surface area contributed by atoms with Gasteiger partial charge in [0.2, 0.25) is 11.8 Å². The number of anilines is 2. The minimum atomic E-state index is -1.48. The third kappa shape index (κ3) is 3.97. The quantitative estimate of drug-likeness (QED) is 0.755. The Morgan fingerprint density at radius 2 is 1.54 bits per heavy atom. The van der Waals surface area contributed by atoms with Crippen molar-refractivity contribution in [2.24, 2.45) is 5.41 Å². The number of nitrogens with one attached hydrogen (secondary N) is 2. The van der Waals surface area contributed by atoms with Crippen LogP contribution in [0.25, 0.3) is 0 Å². The van der Waals surface area contributed by atoms with Crippen LogP contribution >= 0.6 is 15.9 Å². The van der Waals surface area contributed by atoms with Crippen molar-refractivity contribution < 1.29 is 18.4 Å². The molecular formula is C17H15BrF2N2O2. The number of carbonyl (C=O) groups is 2. The van der Waals surface area contributed by atoms with Crippen molar-refractivity contribution >= 4 is 39.1 Å². The molecule has 7 heteroatoms. The molecule has 4 nitrogen and oxygen atoms in total. The lowest BCUT2D eigenvalue weighted by molar-refractivity contribution is -0.135. The molecule has 2 N–H and O–H groups in total. The molecule has 0 bridgehead atoms. The van der Waals surface area contributed by atoms with Crippen LogP contribution in [0.4, 0.5) is 20.2 Å². The predicted molar refractivity (Wildman–Crippen MR) is 91.5 cm³/mol. The summed E-state index contributed by atoms with van der Waals surface area (Å²) in [6.07, 6.45) is 0. The first-order chi connectivity index (χ1) is 11.2. The zero-order chi connectivity index (χ0) is 17.9. The largest absolute Gasteiger partial charge is 0.324 e. The van der Waals surface area contributed by atoms with E-state index < -0.39 is 28.9 Å². The normalized spacial score (nSPS) is 11.0. The van der Waals surface area contributed by atoms with Gasteiger partial charge in [0, 0.05) is 10.5 Å². The van der Waals surface area contributed by atoms with Crippen molar-refractivity contribution in [1.82, 2.24) is 0 Å². The Kier molecular flexibility index (Phi) is 5.33. The van der Waals surface area contributed by atoms with Gasteiger partial charge in [0.15, 0.2) is 0 Å². The molecule has 24 heavy (non-hydrogen) atoms. The summed E-state index contributed by atoms with van der Waals surface area (Å²) in [5.74, 6) is -2.94. The molecule has 126 valence electrons. The minimum absolute atomic E-state index is 0.192. The second-order valence-electron chi connectivity index (χ2n) is 5.64. The van der Waals surface area contributed by atoms with E-state index in [0.717, 1.165) is 12.1 Å². The highest BCUT2D eigenvalue weighted by atomic mass is 79.9. The summed E-state index contributed by atoms with van der Waals surface area (Å²) in [4.78, 5) is 24.8. The minimum Gasteiger partial charge on any atom is -0.324 e. The third-order valence-electron chi connectivity index (χ3n) is 3.44. The summed E-state index contributed by atoms with van der Waals surface area (Å²) in [5.41, 5.74) is -1.16. The topological polar surface area (TPSA) is 58.2 Å². The Morgan fingerprint density at radius 3 is 2.12 bits per heavy atom. The van der Waals surface area contributed by atoms with Crippen molar-refractivity contribution in [3.05, 3.63) is 58.6 Å². The van der Waals surface area contributed by atoms with E-state index in [9.17, 15) is 18.4 Å². The average molecular weight is 397 g/mol. The summed E-state index contributed by atoms with van der Waals surface area (Å²) < 4.78 is 27.2. The SMILES string of the molecule is CC(C)(C(=O)Nc1ccc(F)cc1F)C(=O)Nc1ccccc1Br. The van der Waals surface area contributed by atoms with Gasteiger partial charge in [-0.15, -0.1) is 0 Å². The zero-order valence-electron chi connectivity index (χ0n) is 13.0. The van der Waals surface area contributed by atoms with Crippen LogP contribution in [0, 0.1) is 17.0 Å². The number of halogens is 3. The lowest BCUT2D eigenvalue weighted by Gasteiger charge is -2.23. The molecule has 0 aliphatic heterocycles. The third-order valence-corrected chi connectivity index (χ3v) is 4.13. The standard InChI is InChI=1S/C17H15BrF2N2O2/c1-17(2,15(23)21-13-6-4-3-5-11(13)18)16(24)22-14-8-7-10(19)9-12(14)20/h3-9H,1-2H3,(H,21,23)(H,22,24). The van der Waals surface area contributed by atoms with Crippen LogP contribution in [0.15, 0.2) is 46.9 Å². The summed E-state index contributed by atoms with van der Waals surface area (Å²) in [5, 5.41) is 4.95. The monoisotopic (exact) mass is 396 g/mol. The number of carbonyl (C=O) groups excluding carboxylic acids is 2. The number of hydrogen-bond acceptors (Lipinski definition) is 2. The summed E-state index contributed by atoms with van der Waals surface area (Å²) >= 11 is 3.30. The van der Waals surface area contributed by atoms with Gasteiger partial charge in [-0.05, 0) is 54.0 Å². The van der Waals surface area contributed by atoms with E-state index in [-0.39, 0.29) is 5.69 Å². The van der Waals surface area contributed by atoms with Crippen LogP contribution in [-0.2, 0) is 9.59 Å². The lowest BCUT2D eigenvalue weighted by atomic mass is 9.90. The molecule has 2 aromatic carbocycles. The number of amides is 2. The maximum Gasteiger partial charge on any atom is 0.239 e. The Labute approximate surface area is 146 Å². The van der Waals surface area contributed by atoms with Gasteiger partial charge in [0.05, 0.1) is 11.4 Å². The van der Waals surface area contributed by atoms with Gasteiger partial charge in [-0.2, -0.15) is 0 Å². The van der Waals surface area contributed by atoms with Gasteiger partial charge in [0.1, 0.15) is 17.0 Å². The van der Waals surface area contributed by atoms with E-state index in [1.807, 2.05) is 0 Å². The van der Waals surface area contributed by atoms with Crippen LogP contribution in [0.2, 0.25) is 0 Å². The van der Waals surface area contributed by atoms with Crippen LogP contribution in [0.1, 0.15) is 13.8 Å². The number of rotatable bonds is 4. The molecule has 0 saturated carbocycles. The first kappa shape index (κ1) is 18.1. The van der Waals surface area contributed by atoms with E-state index >= 15 is 0 Å². The highest BCUT2D eigenvalue weighted by Gasteiger charge is 2.36. The highest BCUT2D eigenvalue weighted by Crippen LogP contribution is 2.26. The van der Waals surface area contributed by atoms with E-state index in [0.29, 0.717) is 16.2 Å². The Hall–Kier alpha value is -2.28. The van der Waals surface area contributed by atoms with Crippen molar-refractivity contribution in [2.45, 2.75) is 13.8 Å². The molecule has 2 amide bonds. The number of hydrogen-bond donors (Lipinski definition) is 2. The van der Waals surface area contributed by atoms with Crippen molar-refractivity contribution in [3.8, 4) is 0 Å². The Bertz CT molecular complexity index is 794. The summed E-state index contributed by atoms with van der Waals surface area (Å²) in [6, 6.07) is 9.73.